The predicted octanol–water partition coefficient (Wildman–Crippen LogP) is 1.22. The van der Waals surface area contributed by atoms with Crippen LogP contribution in [0.5, 0.6) is 5.75 Å². The van der Waals surface area contributed by atoms with Gasteiger partial charge < -0.3 is 15.2 Å². The molecule has 1 amide bonds. The van der Waals surface area contributed by atoms with Gasteiger partial charge in [0.15, 0.2) is 17.3 Å². The van der Waals surface area contributed by atoms with Crippen molar-refractivity contribution in [1.82, 2.24) is 9.55 Å². The lowest BCUT2D eigenvalue weighted by atomic mass is 10.1. The highest BCUT2D eigenvalue weighted by Crippen LogP contribution is 2.23. The summed E-state index contributed by atoms with van der Waals surface area (Å²) in [5, 5.41) is 0. The summed E-state index contributed by atoms with van der Waals surface area (Å²) in [4.78, 5) is 41.1. The van der Waals surface area contributed by atoms with Gasteiger partial charge in [-0.1, -0.05) is 13.8 Å². The molecular formula is C19H25FN4O5. The van der Waals surface area contributed by atoms with Crippen molar-refractivity contribution < 1.29 is 18.7 Å². The molecule has 0 aliphatic carbocycles. The number of halogens is 1. The number of carbonyl (C=O) groups is 1. The van der Waals surface area contributed by atoms with Gasteiger partial charge in [-0.05, 0) is 24.1 Å². The minimum absolute atomic E-state index is 0.0141. The molecule has 1 heterocycles. The van der Waals surface area contributed by atoms with E-state index < -0.39 is 23.0 Å². The number of aromatic amines is 1. The number of H-pyrrole nitrogens is 1. The number of benzene rings is 1. The molecule has 0 unspecified atom stereocenters. The number of hydrogen-bond acceptors (Lipinski definition) is 6. The molecular weight excluding hydrogens is 383 g/mol. The lowest BCUT2D eigenvalue weighted by molar-refractivity contribution is 0.0975. The molecule has 0 radical (unpaired) electrons. The fourth-order valence-corrected chi connectivity index (χ4v) is 2.84. The van der Waals surface area contributed by atoms with Crippen LogP contribution in [0.1, 0.15) is 24.2 Å². The van der Waals surface area contributed by atoms with Gasteiger partial charge in [-0.15, -0.1) is 0 Å². The van der Waals surface area contributed by atoms with Crippen molar-refractivity contribution in [2.45, 2.75) is 20.4 Å². The van der Waals surface area contributed by atoms with Gasteiger partial charge in [0, 0.05) is 25.8 Å². The van der Waals surface area contributed by atoms with Gasteiger partial charge in [-0.25, -0.2) is 9.18 Å². The van der Waals surface area contributed by atoms with Crippen molar-refractivity contribution in [3.05, 3.63) is 50.4 Å². The van der Waals surface area contributed by atoms with Crippen molar-refractivity contribution in [1.29, 1.82) is 0 Å². The van der Waals surface area contributed by atoms with Crippen molar-refractivity contribution in [2.24, 2.45) is 5.92 Å². The SMILES string of the molecule is COCCN(C(=O)c1ccc(OC)c(F)c1)c1c(N)n(CC(C)C)c(=O)[nH]c1=O. The van der Waals surface area contributed by atoms with Crippen molar-refractivity contribution in [2.75, 3.05) is 38.0 Å². The Morgan fingerprint density at radius 1 is 1.31 bits per heavy atom. The fraction of sp³-hybridized carbons (Fsp3) is 0.421. The van der Waals surface area contributed by atoms with E-state index in [0.717, 1.165) is 11.0 Å². The second kappa shape index (κ2) is 9.37. The van der Waals surface area contributed by atoms with E-state index in [0.29, 0.717) is 0 Å². The first-order valence-corrected chi connectivity index (χ1v) is 8.98. The summed E-state index contributed by atoms with van der Waals surface area (Å²) >= 11 is 0. The Balaban J connectivity index is 2.61. The Morgan fingerprint density at radius 2 is 2.00 bits per heavy atom. The molecule has 0 fully saturated rings. The van der Waals surface area contributed by atoms with Gasteiger partial charge >= 0.3 is 5.69 Å². The number of hydrogen-bond donors (Lipinski definition) is 2. The highest BCUT2D eigenvalue weighted by Gasteiger charge is 2.26. The third kappa shape index (κ3) is 4.83. The Labute approximate surface area is 166 Å². The predicted molar refractivity (Wildman–Crippen MR) is 107 cm³/mol. The van der Waals surface area contributed by atoms with Gasteiger partial charge in [0.25, 0.3) is 11.5 Å². The summed E-state index contributed by atoms with van der Waals surface area (Å²) in [5.41, 5.74) is 4.43. The quantitative estimate of drug-likeness (QED) is 0.678. The van der Waals surface area contributed by atoms with Gasteiger partial charge in [-0.3, -0.25) is 24.0 Å². The van der Waals surface area contributed by atoms with Crippen molar-refractivity contribution >= 4 is 17.4 Å². The summed E-state index contributed by atoms with van der Waals surface area (Å²) in [7, 11) is 2.74. The molecule has 0 aliphatic heterocycles. The maximum Gasteiger partial charge on any atom is 0.330 e. The molecule has 9 nitrogen and oxygen atoms in total. The summed E-state index contributed by atoms with van der Waals surface area (Å²) in [6.45, 7) is 4.07. The highest BCUT2D eigenvalue weighted by molar-refractivity contribution is 6.07. The first-order chi connectivity index (χ1) is 13.7. The van der Waals surface area contributed by atoms with Crippen molar-refractivity contribution in [3.8, 4) is 5.75 Å². The molecule has 0 saturated carbocycles. The van der Waals surface area contributed by atoms with Crippen LogP contribution in [0.2, 0.25) is 0 Å². The molecule has 0 spiro atoms. The topological polar surface area (TPSA) is 120 Å². The summed E-state index contributed by atoms with van der Waals surface area (Å²) in [6.07, 6.45) is 0. The zero-order valence-corrected chi connectivity index (χ0v) is 16.8. The molecule has 0 saturated heterocycles. The van der Waals surface area contributed by atoms with E-state index in [9.17, 15) is 18.8 Å². The largest absolute Gasteiger partial charge is 0.494 e. The number of anilines is 2. The molecule has 2 rings (SSSR count). The number of rotatable bonds is 8. The molecule has 158 valence electrons. The van der Waals surface area contributed by atoms with Crippen LogP contribution in [0.4, 0.5) is 15.9 Å². The van der Waals surface area contributed by atoms with Crippen LogP contribution in [0, 0.1) is 11.7 Å². The lowest BCUT2D eigenvalue weighted by Gasteiger charge is -2.25. The first-order valence-electron chi connectivity index (χ1n) is 8.98. The van der Waals surface area contributed by atoms with Crippen LogP contribution in [0.15, 0.2) is 27.8 Å². The maximum atomic E-state index is 14.1. The zero-order chi connectivity index (χ0) is 21.7. The number of amides is 1. The van der Waals surface area contributed by atoms with Crippen LogP contribution < -0.4 is 26.6 Å². The molecule has 0 atom stereocenters. The van der Waals surface area contributed by atoms with Crippen LogP contribution in [0.25, 0.3) is 0 Å². The average Bonchev–Trinajstić information content (AvgIpc) is 2.66. The molecule has 3 N–H and O–H groups in total. The molecule has 29 heavy (non-hydrogen) atoms. The molecule has 1 aromatic heterocycles. The highest BCUT2D eigenvalue weighted by atomic mass is 19.1. The van der Waals surface area contributed by atoms with Gasteiger partial charge in [0.2, 0.25) is 0 Å². The minimum atomic E-state index is -0.814. The van der Waals surface area contributed by atoms with Gasteiger partial charge in [-0.2, -0.15) is 0 Å². The number of nitrogens with two attached hydrogens (primary N) is 1. The number of ether oxygens (including phenoxy) is 2. The van der Waals surface area contributed by atoms with E-state index in [1.165, 1.54) is 30.9 Å². The van der Waals surface area contributed by atoms with Crippen LogP contribution >= 0.6 is 0 Å². The average molecular weight is 408 g/mol. The van der Waals surface area contributed by atoms with E-state index in [2.05, 4.69) is 4.98 Å². The third-order valence-corrected chi connectivity index (χ3v) is 4.19. The molecule has 0 aliphatic rings. The monoisotopic (exact) mass is 408 g/mol. The van der Waals surface area contributed by atoms with Crippen molar-refractivity contribution in [3.63, 3.8) is 0 Å². The fourth-order valence-electron chi connectivity index (χ4n) is 2.84. The maximum absolute atomic E-state index is 14.1. The van der Waals surface area contributed by atoms with E-state index >= 15 is 0 Å². The Hall–Kier alpha value is -3.14. The zero-order valence-electron chi connectivity index (χ0n) is 16.8. The van der Waals surface area contributed by atoms with E-state index in [-0.39, 0.29) is 48.4 Å². The number of nitrogens with zero attached hydrogens (tertiary/aromatic N) is 2. The minimum Gasteiger partial charge on any atom is -0.494 e. The molecule has 2 aromatic rings. The first kappa shape index (κ1) is 22.2. The van der Waals surface area contributed by atoms with E-state index in [4.69, 9.17) is 15.2 Å². The Bertz CT molecular complexity index is 999. The number of methoxy groups -OCH3 is 2. The van der Waals surface area contributed by atoms with Gasteiger partial charge in [0.05, 0.1) is 13.7 Å². The molecule has 1 aromatic carbocycles. The molecule has 0 bridgehead atoms. The number of carbonyl (C=O) groups excluding carboxylic acids is 1. The third-order valence-electron chi connectivity index (χ3n) is 4.19. The van der Waals surface area contributed by atoms with Gasteiger partial charge in [0.1, 0.15) is 5.82 Å². The van der Waals surface area contributed by atoms with Crippen LogP contribution in [0.3, 0.4) is 0 Å². The second-order valence-corrected chi connectivity index (χ2v) is 6.80. The standard InChI is InChI=1S/C19H25FN4O5/c1-11(2)10-24-16(21)15(17(25)22-19(24)27)23(7-8-28-3)18(26)12-5-6-14(29-4)13(20)9-12/h5-6,9,11H,7-8,10,21H2,1-4H3,(H,22,25,27). The Kier molecular flexibility index (Phi) is 7.16. The smallest absolute Gasteiger partial charge is 0.330 e. The normalized spacial score (nSPS) is 11.0. The Morgan fingerprint density at radius 3 is 2.55 bits per heavy atom. The number of aromatic nitrogens is 2. The second-order valence-electron chi connectivity index (χ2n) is 6.80. The van der Waals surface area contributed by atoms with E-state index in [1.54, 1.807) is 0 Å². The summed E-state index contributed by atoms with van der Waals surface area (Å²) < 4.78 is 25.2. The summed E-state index contributed by atoms with van der Waals surface area (Å²) in [5.74, 6) is -1.50. The van der Waals surface area contributed by atoms with Crippen LogP contribution in [-0.4, -0.2) is 42.8 Å². The number of nitrogen functional groups attached to an aromatic ring is 1. The number of nitrogens with one attached hydrogen (secondary N) is 1. The summed E-state index contributed by atoms with van der Waals surface area (Å²) in [6, 6.07) is 3.69. The van der Waals surface area contributed by atoms with Crippen LogP contribution in [-0.2, 0) is 11.3 Å². The molecule has 10 heteroatoms. The van der Waals surface area contributed by atoms with E-state index in [1.807, 2.05) is 13.8 Å². The lowest BCUT2D eigenvalue weighted by Crippen LogP contribution is -2.42.